The molecule has 1 aliphatic carbocycles. The molecule has 2 rings (SSSR count). The minimum Gasteiger partial charge on any atom is -0.314 e. The number of aryl methyl sites for hydroxylation is 1. The van der Waals surface area contributed by atoms with E-state index in [0.29, 0.717) is 5.41 Å². The maximum atomic E-state index is 3.96. The molecule has 17 heavy (non-hydrogen) atoms. The normalized spacial score (nSPS) is 23.8. The van der Waals surface area contributed by atoms with E-state index in [4.69, 9.17) is 0 Å². The summed E-state index contributed by atoms with van der Waals surface area (Å²) in [6, 6.07) is 0.717. The van der Waals surface area contributed by atoms with Crippen molar-refractivity contribution in [3.63, 3.8) is 0 Å². The van der Waals surface area contributed by atoms with Crippen LogP contribution in [-0.4, -0.2) is 27.6 Å². The van der Waals surface area contributed by atoms with Crippen LogP contribution in [0.5, 0.6) is 0 Å². The summed E-state index contributed by atoms with van der Waals surface area (Å²) in [6.07, 6.45) is 10.2. The summed E-state index contributed by atoms with van der Waals surface area (Å²) in [7, 11) is 0. The van der Waals surface area contributed by atoms with Crippen molar-refractivity contribution in [1.82, 2.24) is 20.3 Å². The lowest BCUT2D eigenvalue weighted by molar-refractivity contribution is 0.198. The van der Waals surface area contributed by atoms with E-state index in [2.05, 4.69) is 29.5 Å². The van der Waals surface area contributed by atoms with Gasteiger partial charge in [-0.15, -0.1) is 5.10 Å². The Morgan fingerprint density at radius 3 is 3.06 bits per heavy atom. The smallest absolute Gasteiger partial charge is 0.0692 e. The van der Waals surface area contributed by atoms with Gasteiger partial charge in [-0.3, -0.25) is 4.68 Å². The summed E-state index contributed by atoms with van der Waals surface area (Å²) < 4.78 is 1.90. The summed E-state index contributed by atoms with van der Waals surface area (Å²) in [5.74, 6) is 0. The Hall–Kier alpha value is -0.900. The third kappa shape index (κ3) is 4.11. The molecule has 1 heterocycles. The molecule has 4 heteroatoms. The Balaban J connectivity index is 1.62. The van der Waals surface area contributed by atoms with Gasteiger partial charge in [0.1, 0.15) is 0 Å². The fourth-order valence-electron chi connectivity index (χ4n) is 2.77. The molecule has 1 saturated carbocycles. The summed E-state index contributed by atoms with van der Waals surface area (Å²) >= 11 is 0. The molecule has 1 unspecified atom stereocenters. The van der Waals surface area contributed by atoms with Crippen molar-refractivity contribution < 1.29 is 0 Å². The predicted octanol–water partition coefficient (Wildman–Crippen LogP) is 2.23. The first-order valence-electron chi connectivity index (χ1n) is 6.73. The Kier molecular flexibility index (Phi) is 4.15. The van der Waals surface area contributed by atoms with Crippen molar-refractivity contribution in [3.05, 3.63) is 12.4 Å². The average Bonchev–Trinajstić information content (AvgIpc) is 2.76. The molecule has 1 aliphatic rings. The van der Waals surface area contributed by atoms with Crippen molar-refractivity contribution in [2.75, 3.05) is 6.54 Å². The molecule has 0 bridgehead atoms. The van der Waals surface area contributed by atoms with E-state index in [9.17, 15) is 0 Å². The Bertz CT molecular complexity index is 318. The largest absolute Gasteiger partial charge is 0.314 e. The SMILES string of the molecule is CC1(C)CCCC(NCCCn2ccnn2)C1. The molecule has 0 aliphatic heterocycles. The first-order valence-corrected chi connectivity index (χ1v) is 6.73. The number of hydrogen-bond acceptors (Lipinski definition) is 3. The van der Waals surface area contributed by atoms with Gasteiger partial charge in [-0.05, 0) is 37.6 Å². The second-order valence-corrected chi connectivity index (χ2v) is 5.93. The second kappa shape index (κ2) is 5.63. The fourth-order valence-corrected chi connectivity index (χ4v) is 2.77. The number of aromatic nitrogens is 3. The van der Waals surface area contributed by atoms with Crippen LogP contribution < -0.4 is 5.32 Å². The van der Waals surface area contributed by atoms with E-state index in [1.807, 2.05) is 10.9 Å². The maximum absolute atomic E-state index is 3.96. The zero-order valence-corrected chi connectivity index (χ0v) is 11.0. The van der Waals surface area contributed by atoms with Crippen LogP contribution in [0.3, 0.4) is 0 Å². The third-order valence-electron chi connectivity index (χ3n) is 3.67. The number of nitrogens with zero attached hydrogens (tertiary/aromatic N) is 3. The van der Waals surface area contributed by atoms with Crippen LogP contribution in [0, 0.1) is 5.41 Å². The summed E-state index contributed by atoms with van der Waals surface area (Å²) in [5, 5.41) is 11.4. The second-order valence-electron chi connectivity index (χ2n) is 5.93. The first-order chi connectivity index (χ1) is 8.16. The van der Waals surface area contributed by atoms with E-state index in [0.717, 1.165) is 25.6 Å². The molecule has 0 spiro atoms. The van der Waals surface area contributed by atoms with Gasteiger partial charge in [-0.1, -0.05) is 25.5 Å². The lowest BCUT2D eigenvalue weighted by Crippen LogP contribution is -2.37. The molecule has 0 aromatic carbocycles. The minimum atomic E-state index is 0.530. The summed E-state index contributed by atoms with van der Waals surface area (Å²) in [5.41, 5.74) is 0.530. The van der Waals surface area contributed by atoms with Gasteiger partial charge in [-0.25, -0.2) is 0 Å². The quantitative estimate of drug-likeness (QED) is 0.797. The van der Waals surface area contributed by atoms with Gasteiger partial charge < -0.3 is 5.32 Å². The highest BCUT2D eigenvalue weighted by Crippen LogP contribution is 2.34. The fraction of sp³-hybridized carbons (Fsp3) is 0.846. The lowest BCUT2D eigenvalue weighted by Gasteiger charge is -2.35. The Labute approximate surface area is 104 Å². The van der Waals surface area contributed by atoms with E-state index in [-0.39, 0.29) is 0 Å². The van der Waals surface area contributed by atoms with Gasteiger partial charge >= 0.3 is 0 Å². The zero-order valence-electron chi connectivity index (χ0n) is 11.0. The molecule has 0 saturated heterocycles. The molecule has 1 aromatic rings. The van der Waals surface area contributed by atoms with E-state index >= 15 is 0 Å². The van der Waals surface area contributed by atoms with Crippen molar-refractivity contribution in [2.45, 2.75) is 58.5 Å². The average molecular weight is 236 g/mol. The Morgan fingerprint density at radius 1 is 1.47 bits per heavy atom. The predicted molar refractivity (Wildman–Crippen MR) is 68.7 cm³/mol. The van der Waals surface area contributed by atoms with Gasteiger partial charge in [0.05, 0.1) is 6.20 Å². The highest BCUT2D eigenvalue weighted by molar-refractivity contribution is 4.83. The van der Waals surface area contributed by atoms with Gasteiger partial charge in [-0.2, -0.15) is 0 Å². The molecular formula is C13H24N4. The number of hydrogen-bond donors (Lipinski definition) is 1. The van der Waals surface area contributed by atoms with Gasteiger partial charge in [0.15, 0.2) is 0 Å². The van der Waals surface area contributed by atoms with Crippen LogP contribution in [0.25, 0.3) is 0 Å². The van der Waals surface area contributed by atoms with Crippen LogP contribution >= 0.6 is 0 Å². The Morgan fingerprint density at radius 2 is 2.35 bits per heavy atom. The van der Waals surface area contributed by atoms with E-state index in [1.54, 1.807) is 6.20 Å². The van der Waals surface area contributed by atoms with Crippen molar-refractivity contribution in [3.8, 4) is 0 Å². The van der Waals surface area contributed by atoms with Crippen molar-refractivity contribution >= 4 is 0 Å². The molecule has 0 amide bonds. The van der Waals surface area contributed by atoms with Gasteiger partial charge in [0, 0.05) is 18.8 Å². The topological polar surface area (TPSA) is 42.7 Å². The van der Waals surface area contributed by atoms with Crippen LogP contribution in [-0.2, 0) is 6.54 Å². The summed E-state index contributed by atoms with van der Waals surface area (Å²) in [6.45, 7) is 6.82. The molecule has 1 atom stereocenters. The van der Waals surface area contributed by atoms with Gasteiger partial charge in [0.25, 0.3) is 0 Å². The van der Waals surface area contributed by atoms with E-state index in [1.165, 1.54) is 25.7 Å². The monoisotopic (exact) mass is 236 g/mol. The third-order valence-corrected chi connectivity index (χ3v) is 3.67. The highest BCUT2D eigenvalue weighted by atomic mass is 15.4. The number of nitrogens with one attached hydrogen (secondary N) is 1. The lowest BCUT2D eigenvalue weighted by atomic mass is 9.75. The molecular weight excluding hydrogens is 212 g/mol. The molecule has 4 nitrogen and oxygen atoms in total. The maximum Gasteiger partial charge on any atom is 0.0692 e. The zero-order chi connectivity index (χ0) is 12.1. The molecule has 96 valence electrons. The van der Waals surface area contributed by atoms with Crippen LogP contribution in [0.15, 0.2) is 12.4 Å². The minimum absolute atomic E-state index is 0.530. The first kappa shape index (κ1) is 12.6. The van der Waals surface area contributed by atoms with Crippen LogP contribution in [0.1, 0.15) is 46.0 Å². The molecule has 0 radical (unpaired) electrons. The van der Waals surface area contributed by atoms with Crippen LogP contribution in [0.4, 0.5) is 0 Å². The van der Waals surface area contributed by atoms with E-state index < -0.39 is 0 Å². The van der Waals surface area contributed by atoms with Gasteiger partial charge in [0.2, 0.25) is 0 Å². The summed E-state index contributed by atoms with van der Waals surface area (Å²) in [4.78, 5) is 0. The highest BCUT2D eigenvalue weighted by Gasteiger charge is 2.27. The van der Waals surface area contributed by atoms with Crippen molar-refractivity contribution in [2.24, 2.45) is 5.41 Å². The standard InChI is InChI=1S/C13H24N4/c1-13(2)6-3-5-12(11-13)14-7-4-9-17-10-8-15-16-17/h8,10,12,14H,3-7,9,11H2,1-2H3. The molecule has 1 aromatic heterocycles. The van der Waals surface area contributed by atoms with Crippen molar-refractivity contribution in [1.29, 1.82) is 0 Å². The van der Waals surface area contributed by atoms with Crippen LogP contribution in [0.2, 0.25) is 0 Å². The molecule has 1 fully saturated rings. The molecule has 1 N–H and O–H groups in total. The number of rotatable bonds is 5.